The summed E-state index contributed by atoms with van der Waals surface area (Å²) < 4.78 is 26.4. The highest BCUT2D eigenvalue weighted by atomic mass is 32.2. The molecule has 0 atom stereocenters. The van der Waals surface area contributed by atoms with Crippen LogP contribution >= 0.6 is 0 Å². The first kappa shape index (κ1) is 13.5. The molecule has 2 rings (SSSR count). The number of aromatic nitrogens is 1. The summed E-state index contributed by atoms with van der Waals surface area (Å²) in [5.41, 5.74) is 1.02. The highest BCUT2D eigenvalue weighted by molar-refractivity contribution is 7.89. The molecule has 1 aromatic heterocycles. The molecule has 0 aliphatic carbocycles. The Morgan fingerprint density at radius 1 is 1.11 bits per heavy atom. The van der Waals surface area contributed by atoms with E-state index in [2.05, 4.69) is 15.0 Å². The molecule has 6 heteroatoms. The van der Waals surface area contributed by atoms with Crippen molar-refractivity contribution in [1.29, 1.82) is 0 Å². The first-order valence-corrected chi connectivity index (χ1v) is 7.27. The fourth-order valence-electron chi connectivity index (χ4n) is 1.49. The first-order valence-electron chi connectivity index (χ1n) is 5.79. The van der Waals surface area contributed by atoms with Gasteiger partial charge in [-0.25, -0.2) is 13.4 Å². The van der Waals surface area contributed by atoms with E-state index >= 15 is 0 Å². The van der Waals surface area contributed by atoms with Gasteiger partial charge in [0.25, 0.3) is 0 Å². The van der Waals surface area contributed by atoms with Crippen LogP contribution in [0.1, 0.15) is 5.56 Å². The molecule has 2 aromatic rings. The summed E-state index contributed by atoms with van der Waals surface area (Å²) >= 11 is 0. The van der Waals surface area contributed by atoms with Crippen molar-refractivity contribution in [2.24, 2.45) is 0 Å². The quantitative estimate of drug-likeness (QED) is 0.817. The molecule has 100 valence electrons. The zero-order chi connectivity index (χ0) is 13.7. The number of hydrogen-bond acceptors (Lipinski definition) is 4. The largest absolute Gasteiger partial charge is 0.357 e. The van der Waals surface area contributed by atoms with Crippen LogP contribution in [0.15, 0.2) is 53.6 Å². The zero-order valence-electron chi connectivity index (χ0n) is 10.5. The SMILES string of the molecule is Cc1ccc(S(=O)(=O)NCNc2ccccn2)cc1. The summed E-state index contributed by atoms with van der Waals surface area (Å²) in [7, 11) is -3.49. The molecule has 5 nitrogen and oxygen atoms in total. The Morgan fingerprint density at radius 2 is 1.84 bits per heavy atom. The summed E-state index contributed by atoms with van der Waals surface area (Å²) in [6.45, 7) is 2.00. The van der Waals surface area contributed by atoms with Gasteiger partial charge in [-0.15, -0.1) is 0 Å². The topological polar surface area (TPSA) is 71.1 Å². The molecule has 0 fully saturated rings. The number of nitrogens with zero attached hydrogens (tertiary/aromatic N) is 1. The third-order valence-corrected chi connectivity index (χ3v) is 3.95. The lowest BCUT2D eigenvalue weighted by atomic mass is 10.2. The van der Waals surface area contributed by atoms with Gasteiger partial charge in [-0.1, -0.05) is 23.8 Å². The minimum absolute atomic E-state index is 0.0905. The highest BCUT2D eigenvalue weighted by Crippen LogP contribution is 2.09. The van der Waals surface area contributed by atoms with Crippen molar-refractivity contribution >= 4 is 15.8 Å². The third kappa shape index (κ3) is 3.77. The number of hydrogen-bond donors (Lipinski definition) is 2. The smallest absolute Gasteiger partial charge is 0.242 e. The summed E-state index contributed by atoms with van der Waals surface area (Å²) in [5.74, 6) is 0.620. The monoisotopic (exact) mass is 277 g/mol. The van der Waals surface area contributed by atoms with Crippen molar-refractivity contribution in [1.82, 2.24) is 9.71 Å². The van der Waals surface area contributed by atoms with Crippen molar-refractivity contribution in [2.75, 3.05) is 12.0 Å². The molecule has 0 bridgehead atoms. The van der Waals surface area contributed by atoms with Gasteiger partial charge in [0.2, 0.25) is 10.0 Å². The third-order valence-electron chi connectivity index (χ3n) is 2.53. The summed E-state index contributed by atoms with van der Waals surface area (Å²) in [6, 6.07) is 12.1. The molecule has 0 spiro atoms. The Bertz CT molecular complexity index is 625. The highest BCUT2D eigenvalue weighted by Gasteiger charge is 2.12. The van der Waals surface area contributed by atoms with Crippen LogP contribution in [-0.4, -0.2) is 20.1 Å². The summed E-state index contributed by atoms with van der Waals surface area (Å²) in [5, 5.41) is 2.88. The second kappa shape index (κ2) is 5.81. The predicted octanol–water partition coefficient (Wildman–Crippen LogP) is 1.74. The van der Waals surface area contributed by atoms with Crippen LogP contribution < -0.4 is 10.0 Å². The maximum Gasteiger partial charge on any atom is 0.242 e. The van der Waals surface area contributed by atoms with Crippen LogP contribution in [0.4, 0.5) is 5.82 Å². The van der Waals surface area contributed by atoms with Crippen molar-refractivity contribution < 1.29 is 8.42 Å². The van der Waals surface area contributed by atoms with Gasteiger partial charge in [-0.2, -0.15) is 4.72 Å². The van der Waals surface area contributed by atoms with E-state index in [4.69, 9.17) is 0 Å². The number of sulfonamides is 1. The van der Waals surface area contributed by atoms with Crippen LogP contribution in [-0.2, 0) is 10.0 Å². The Morgan fingerprint density at radius 3 is 2.47 bits per heavy atom. The molecule has 2 N–H and O–H groups in total. The van der Waals surface area contributed by atoms with E-state index in [-0.39, 0.29) is 11.6 Å². The van der Waals surface area contributed by atoms with Crippen LogP contribution in [0.5, 0.6) is 0 Å². The maximum absolute atomic E-state index is 12.0. The minimum Gasteiger partial charge on any atom is -0.357 e. The van der Waals surface area contributed by atoms with Crippen LogP contribution in [0.25, 0.3) is 0 Å². The minimum atomic E-state index is -3.49. The molecular weight excluding hydrogens is 262 g/mol. The molecule has 0 radical (unpaired) electrons. The van der Waals surface area contributed by atoms with Gasteiger partial charge in [0.1, 0.15) is 5.82 Å². The summed E-state index contributed by atoms with van der Waals surface area (Å²) in [4.78, 5) is 4.29. The van der Waals surface area contributed by atoms with Gasteiger partial charge in [0.15, 0.2) is 0 Å². The lowest BCUT2D eigenvalue weighted by Crippen LogP contribution is -2.29. The van der Waals surface area contributed by atoms with E-state index in [9.17, 15) is 8.42 Å². The maximum atomic E-state index is 12.0. The van der Waals surface area contributed by atoms with Crippen molar-refractivity contribution in [3.05, 3.63) is 54.2 Å². The van der Waals surface area contributed by atoms with E-state index < -0.39 is 10.0 Å². The fraction of sp³-hybridized carbons (Fsp3) is 0.154. The Labute approximate surface area is 112 Å². The summed E-state index contributed by atoms with van der Waals surface area (Å²) in [6.07, 6.45) is 1.64. The van der Waals surface area contributed by atoms with Crippen molar-refractivity contribution in [3.63, 3.8) is 0 Å². The van der Waals surface area contributed by atoms with E-state index in [1.807, 2.05) is 13.0 Å². The van der Waals surface area contributed by atoms with E-state index in [0.717, 1.165) is 5.56 Å². The fourth-order valence-corrected chi connectivity index (χ4v) is 2.41. The van der Waals surface area contributed by atoms with E-state index in [1.54, 1.807) is 42.6 Å². The Kier molecular flexibility index (Phi) is 4.13. The molecule has 1 aromatic carbocycles. The second-order valence-corrected chi connectivity index (χ2v) is 5.80. The van der Waals surface area contributed by atoms with Gasteiger partial charge in [0.05, 0.1) is 11.6 Å². The van der Waals surface area contributed by atoms with E-state index in [1.165, 1.54) is 0 Å². The molecular formula is C13H15N3O2S. The van der Waals surface area contributed by atoms with Crippen LogP contribution in [0, 0.1) is 6.92 Å². The Balaban J connectivity index is 1.97. The number of nitrogens with one attached hydrogen (secondary N) is 2. The van der Waals surface area contributed by atoms with Gasteiger partial charge >= 0.3 is 0 Å². The molecule has 0 unspecified atom stereocenters. The molecule has 19 heavy (non-hydrogen) atoms. The van der Waals surface area contributed by atoms with Crippen molar-refractivity contribution in [3.8, 4) is 0 Å². The number of aryl methyl sites for hydroxylation is 1. The van der Waals surface area contributed by atoms with E-state index in [0.29, 0.717) is 5.82 Å². The van der Waals surface area contributed by atoms with Crippen molar-refractivity contribution in [2.45, 2.75) is 11.8 Å². The second-order valence-electron chi connectivity index (χ2n) is 4.03. The Hall–Kier alpha value is -1.92. The lowest BCUT2D eigenvalue weighted by Gasteiger charge is -2.08. The normalized spacial score (nSPS) is 11.2. The van der Waals surface area contributed by atoms with Crippen LogP contribution in [0.2, 0.25) is 0 Å². The van der Waals surface area contributed by atoms with Gasteiger partial charge in [-0.3, -0.25) is 0 Å². The lowest BCUT2D eigenvalue weighted by molar-refractivity contribution is 0.584. The van der Waals surface area contributed by atoms with Gasteiger partial charge in [-0.05, 0) is 31.2 Å². The number of rotatable bonds is 5. The first-order chi connectivity index (χ1) is 9.08. The molecule has 0 amide bonds. The average molecular weight is 277 g/mol. The zero-order valence-corrected chi connectivity index (χ0v) is 11.3. The molecule has 0 aliphatic rings. The number of benzene rings is 1. The number of anilines is 1. The predicted molar refractivity (Wildman–Crippen MR) is 74.2 cm³/mol. The average Bonchev–Trinajstić information content (AvgIpc) is 2.40. The molecule has 0 aliphatic heterocycles. The van der Waals surface area contributed by atoms with Gasteiger partial charge < -0.3 is 5.32 Å². The molecule has 0 saturated carbocycles. The molecule has 1 heterocycles. The number of pyridine rings is 1. The molecule has 0 saturated heterocycles. The standard InChI is InChI=1S/C13H15N3O2S/c1-11-5-7-12(8-6-11)19(17,18)16-10-15-13-4-2-3-9-14-13/h2-9,16H,10H2,1H3,(H,14,15). The van der Waals surface area contributed by atoms with Crippen LogP contribution in [0.3, 0.4) is 0 Å². The van der Waals surface area contributed by atoms with Gasteiger partial charge in [0, 0.05) is 6.20 Å².